The summed E-state index contributed by atoms with van der Waals surface area (Å²) in [6.07, 6.45) is 24.0. The van der Waals surface area contributed by atoms with Crippen LogP contribution in [0, 0.1) is 0 Å². The van der Waals surface area contributed by atoms with E-state index in [-0.39, 0.29) is 12.6 Å². The van der Waals surface area contributed by atoms with Gasteiger partial charge in [0.2, 0.25) is 0 Å². The van der Waals surface area contributed by atoms with E-state index in [1.165, 1.54) is 70.6 Å². The Labute approximate surface area is 186 Å². The zero-order valence-corrected chi connectivity index (χ0v) is 20.0. The lowest BCUT2D eigenvalue weighted by molar-refractivity contribution is -0.154. The second-order valence-corrected chi connectivity index (χ2v) is 8.41. The van der Waals surface area contributed by atoms with Crippen molar-refractivity contribution >= 4 is 5.97 Å². The third kappa shape index (κ3) is 21.8. The van der Waals surface area contributed by atoms with Crippen molar-refractivity contribution < 1.29 is 19.4 Å². The number of carbonyl (C=O) groups is 1. The molecule has 0 radical (unpaired) electrons. The van der Waals surface area contributed by atoms with Gasteiger partial charge in [0.05, 0.1) is 13.2 Å². The van der Waals surface area contributed by atoms with E-state index >= 15 is 0 Å². The fourth-order valence-electron chi connectivity index (χ4n) is 3.38. The number of unbranched alkanes of at least 4 members (excludes halogenated alkanes) is 13. The molecule has 0 aromatic heterocycles. The van der Waals surface area contributed by atoms with Crippen LogP contribution in [0.1, 0.15) is 123 Å². The number of carbonyl (C=O) groups excluding carboxylic acids is 1. The SMILES string of the molecule is CCCCCC/C=C\CCCCCCCCOCC(CO)OC(=O)CCCCCC. The third-order valence-electron chi connectivity index (χ3n) is 5.34. The molecule has 0 amide bonds. The number of hydrogen-bond acceptors (Lipinski definition) is 4. The molecule has 0 aliphatic heterocycles. The molecule has 1 atom stereocenters. The van der Waals surface area contributed by atoms with Crippen LogP contribution in [-0.4, -0.2) is 37.0 Å². The van der Waals surface area contributed by atoms with Crippen molar-refractivity contribution in [1.82, 2.24) is 0 Å². The summed E-state index contributed by atoms with van der Waals surface area (Å²) in [5.74, 6) is -0.222. The highest BCUT2D eigenvalue weighted by Gasteiger charge is 2.13. The highest BCUT2D eigenvalue weighted by atomic mass is 16.6. The largest absolute Gasteiger partial charge is 0.457 e. The molecule has 0 heterocycles. The molecule has 178 valence electrons. The maximum Gasteiger partial charge on any atom is 0.306 e. The van der Waals surface area contributed by atoms with Crippen molar-refractivity contribution in [2.45, 2.75) is 129 Å². The van der Waals surface area contributed by atoms with E-state index in [0.29, 0.717) is 19.6 Å². The molecule has 1 unspecified atom stereocenters. The smallest absolute Gasteiger partial charge is 0.306 e. The first-order chi connectivity index (χ1) is 14.7. The van der Waals surface area contributed by atoms with Crippen LogP contribution in [0.2, 0.25) is 0 Å². The summed E-state index contributed by atoms with van der Waals surface area (Å²) in [4.78, 5) is 11.8. The summed E-state index contributed by atoms with van der Waals surface area (Å²) < 4.78 is 10.9. The van der Waals surface area contributed by atoms with Gasteiger partial charge in [-0.05, 0) is 38.5 Å². The lowest BCUT2D eigenvalue weighted by Crippen LogP contribution is -2.27. The van der Waals surface area contributed by atoms with Crippen LogP contribution in [0.4, 0.5) is 0 Å². The van der Waals surface area contributed by atoms with E-state index in [1.54, 1.807) is 0 Å². The van der Waals surface area contributed by atoms with E-state index in [2.05, 4.69) is 26.0 Å². The van der Waals surface area contributed by atoms with Gasteiger partial charge in [0, 0.05) is 13.0 Å². The van der Waals surface area contributed by atoms with Gasteiger partial charge in [-0.25, -0.2) is 0 Å². The topological polar surface area (TPSA) is 55.8 Å². The van der Waals surface area contributed by atoms with Gasteiger partial charge in [0.15, 0.2) is 0 Å². The number of esters is 1. The summed E-state index contributed by atoms with van der Waals surface area (Å²) in [7, 11) is 0. The van der Waals surface area contributed by atoms with Crippen LogP contribution in [0.3, 0.4) is 0 Å². The third-order valence-corrected chi connectivity index (χ3v) is 5.34. The molecule has 4 heteroatoms. The first-order valence-corrected chi connectivity index (χ1v) is 12.8. The van der Waals surface area contributed by atoms with Gasteiger partial charge in [-0.2, -0.15) is 0 Å². The van der Waals surface area contributed by atoms with Crippen LogP contribution in [0.5, 0.6) is 0 Å². The summed E-state index contributed by atoms with van der Waals surface area (Å²) in [5, 5.41) is 9.35. The average molecular weight is 427 g/mol. The van der Waals surface area contributed by atoms with Crippen molar-refractivity contribution in [1.29, 1.82) is 0 Å². The van der Waals surface area contributed by atoms with Gasteiger partial charge >= 0.3 is 5.97 Å². The highest BCUT2D eigenvalue weighted by molar-refractivity contribution is 5.69. The number of rotatable bonds is 23. The van der Waals surface area contributed by atoms with Crippen LogP contribution in [0.25, 0.3) is 0 Å². The number of aliphatic hydroxyl groups excluding tert-OH is 1. The Morgan fingerprint density at radius 1 is 0.767 bits per heavy atom. The maximum atomic E-state index is 11.8. The molecule has 4 nitrogen and oxygen atoms in total. The molecule has 30 heavy (non-hydrogen) atoms. The Kier molecular flexibility index (Phi) is 23.7. The van der Waals surface area contributed by atoms with Crippen LogP contribution >= 0.6 is 0 Å². The monoisotopic (exact) mass is 426 g/mol. The molecule has 0 fully saturated rings. The molecule has 0 aliphatic carbocycles. The first-order valence-electron chi connectivity index (χ1n) is 12.8. The Hall–Kier alpha value is -0.870. The van der Waals surface area contributed by atoms with Gasteiger partial charge < -0.3 is 14.6 Å². The number of allylic oxidation sites excluding steroid dienone is 2. The van der Waals surface area contributed by atoms with Crippen molar-refractivity contribution in [3.8, 4) is 0 Å². The molecule has 1 N–H and O–H groups in total. The second kappa shape index (κ2) is 24.4. The Bertz CT molecular complexity index is 381. The van der Waals surface area contributed by atoms with Crippen LogP contribution in [-0.2, 0) is 14.3 Å². The van der Waals surface area contributed by atoms with E-state index in [9.17, 15) is 9.90 Å². The van der Waals surface area contributed by atoms with Crippen molar-refractivity contribution in [3.63, 3.8) is 0 Å². The molecule has 0 aromatic carbocycles. The van der Waals surface area contributed by atoms with Crippen LogP contribution < -0.4 is 0 Å². The Morgan fingerprint density at radius 3 is 1.90 bits per heavy atom. The van der Waals surface area contributed by atoms with Crippen molar-refractivity contribution in [2.75, 3.05) is 19.8 Å². The van der Waals surface area contributed by atoms with Gasteiger partial charge in [-0.1, -0.05) is 90.2 Å². The van der Waals surface area contributed by atoms with Crippen LogP contribution in [0.15, 0.2) is 12.2 Å². The first kappa shape index (κ1) is 29.1. The summed E-state index contributed by atoms with van der Waals surface area (Å²) in [6.45, 7) is 5.19. The molecule has 0 aliphatic rings. The molecule has 0 rings (SSSR count). The Balaban J connectivity index is 3.40. The van der Waals surface area contributed by atoms with Gasteiger partial charge in [-0.3, -0.25) is 4.79 Å². The lowest BCUT2D eigenvalue weighted by atomic mass is 10.1. The molecule has 0 saturated carbocycles. The molecule has 0 spiro atoms. The number of aliphatic hydroxyl groups is 1. The average Bonchev–Trinajstić information content (AvgIpc) is 2.75. The molecule has 0 saturated heterocycles. The van der Waals surface area contributed by atoms with E-state index in [0.717, 1.165) is 32.1 Å². The Morgan fingerprint density at radius 2 is 1.30 bits per heavy atom. The van der Waals surface area contributed by atoms with Gasteiger partial charge in [0.1, 0.15) is 6.10 Å². The predicted octanol–water partition coefficient (Wildman–Crippen LogP) is 7.13. The lowest BCUT2D eigenvalue weighted by Gasteiger charge is -2.15. The molecular weight excluding hydrogens is 376 g/mol. The normalized spacial score (nSPS) is 12.5. The number of ether oxygens (including phenoxy) is 2. The quantitative estimate of drug-likeness (QED) is 0.107. The number of hydrogen-bond donors (Lipinski definition) is 1. The fourth-order valence-corrected chi connectivity index (χ4v) is 3.38. The highest BCUT2D eigenvalue weighted by Crippen LogP contribution is 2.09. The minimum atomic E-state index is -0.525. The minimum absolute atomic E-state index is 0.173. The predicted molar refractivity (Wildman–Crippen MR) is 127 cm³/mol. The minimum Gasteiger partial charge on any atom is -0.457 e. The maximum absolute atomic E-state index is 11.8. The van der Waals surface area contributed by atoms with Crippen molar-refractivity contribution in [2.24, 2.45) is 0 Å². The van der Waals surface area contributed by atoms with E-state index in [4.69, 9.17) is 9.47 Å². The second-order valence-electron chi connectivity index (χ2n) is 8.41. The van der Waals surface area contributed by atoms with Gasteiger partial charge in [0.25, 0.3) is 0 Å². The fraction of sp³-hybridized carbons (Fsp3) is 0.885. The molecule has 0 bridgehead atoms. The van der Waals surface area contributed by atoms with Crippen molar-refractivity contribution in [3.05, 3.63) is 12.2 Å². The zero-order valence-electron chi connectivity index (χ0n) is 20.0. The molecular formula is C26H50O4. The standard InChI is InChI=1S/C26H50O4/c1-3-5-7-9-10-11-12-13-14-15-16-17-18-20-22-29-24-25(23-27)30-26(28)21-19-8-6-4-2/h11-12,25,27H,3-10,13-24H2,1-2H3/b12-11-. The van der Waals surface area contributed by atoms with Gasteiger partial charge in [-0.15, -0.1) is 0 Å². The molecule has 0 aromatic rings. The summed E-state index contributed by atoms with van der Waals surface area (Å²) in [6, 6.07) is 0. The van der Waals surface area contributed by atoms with E-state index in [1.807, 2.05) is 0 Å². The summed E-state index contributed by atoms with van der Waals surface area (Å²) >= 11 is 0. The van der Waals surface area contributed by atoms with E-state index < -0.39 is 6.10 Å². The summed E-state index contributed by atoms with van der Waals surface area (Å²) in [5.41, 5.74) is 0. The zero-order chi connectivity index (χ0) is 22.1.